The van der Waals surface area contributed by atoms with Crippen molar-refractivity contribution in [3.8, 4) is 0 Å². The third-order valence-corrected chi connectivity index (χ3v) is 2.14. The Morgan fingerprint density at radius 2 is 0.810 bits per heavy atom. The Labute approximate surface area is 167 Å². The van der Waals surface area contributed by atoms with E-state index in [1.807, 2.05) is 0 Å². The van der Waals surface area contributed by atoms with Gasteiger partial charge in [0.1, 0.15) is 0 Å². The molecular formula is C10H15KN2O8. The van der Waals surface area contributed by atoms with Crippen LogP contribution in [0.4, 0.5) is 0 Å². The number of carbonyl (C=O) groups excluding carboxylic acids is 4. The fourth-order valence-electron chi connectivity index (χ4n) is 1.44. The van der Waals surface area contributed by atoms with Gasteiger partial charge in [0.05, 0.1) is 23.9 Å². The maximum Gasteiger partial charge on any atom is 1.00 e. The second kappa shape index (κ2) is 12.0. The van der Waals surface area contributed by atoms with Gasteiger partial charge in [-0.2, -0.15) is 0 Å². The Kier molecular flexibility index (Phi) is 13.0. The van der Waals surface area contributed by atoms with E-state index in [1.165, 1.54) is 0 Å². The molecule has 0 saturated carbocycles. The van der Waals surface area contributed by atoms with Crippen LogP contribution in [0.2, 0.25) is 0 Å². The molecule has 0 aliphatic carbocycles. The van der Waals surface area contributed by atoms with Crippen LogP contribution in [-0.2, 0) is 19.2 Å². The number of rotatable bonds is 11. The smallest absolute Gasteiger partial charge is 0.549 e. The molecule has 10 nitrogen and oxygen atoms in total. The van der Waals surface area contributed by atoms with Gasteiger partial charge in [-0.25, -0.2) is 0 Å². The third-order valence-electron chi connectivity index (χ3n) is 2.14. The van der Waals surface area contributed by atoms with Crippen LogP contribution in [0.25, 0.3) is 0 Å². The molecule has 0 spiro atoms. The molecule has 0 aromatic carbocycles. The van der Waals surface area contributed by atoms with Gasteiger partial charge < -0.3 is 39.6 Å². The monoisotopic (exact) mass is 330 g/mol. The molecule has 21 heavy (non-hydrogen) atoms. The van der Waals surface area contributed by atoms with Crippen molar-refractivity contribution in [2.45, 2.75) is 0 Å². The van der Waals surface area contributed by atoms with Crippen LogP contribution in [0, 0.1) is 0 Å². The second-order valence-corrected chi connectivity index (χ2v) is 3.91. The van der Waals surface area contributed by atoms with E-state index in [-0.39, 0.29) is 68.8 Å². The number of nitrogens with zero attached hydrogens (tertiary/aromatic N) is 2. The van der Waals surface area contributed by atoms with Gasteiger partial charge in [0.2, 0.25) is 0 Å². The van der Waals surface area contributed by atoms with E-state index in [9.17, 15) is 39.6 Å². The van der Waals surface area contributed by atoms with Crippen molar-refractivity contribution in [1.82, 2.24) is 9.80 Å². The topological polar surface area (TPSA) is 167 Å². The van der Waals surface area contributed by atoms with Crippen LogP contribution in [0.15, 0.2) is 0 Å². The zero-order valence-corrected chi connectivity index (χ0v) is 14.5. The summed E-state index contributed by atoms with van der Waals surface area (Å²) in [4.78, 5) is 43.4. The molecule has 0 saturated heterocycles. The average Bonchev–Trinajstić information content (AvgIpc) is 2.22. The van der Waals surface area contributed by atoms with Crippen LogP contribution in [0.3, 0.4) is 0 Å². The predicted molar refractivity (Wildman–Crippen MR) is 56.2 cm³/mol. The zero-order chi connectivity index (χ0) is 15.7. The molecule has 0 aliphatic heterocycles. The average molecular weight is 330 g/mol. The molecule has 0 unspecified atom stereocenters. The normalized spacial score (nSPS) is 10.2. The second-order valence-electron chi connectivity index (χ2n) is 3.91. The van der Waals surface area contributed by atoms with Crippen LogP contribution in [-0.4, -0.2) is 72.9 Å². The van der Waals surface area contributed by atoms with E-state index in [2.05, 4.69) is 0 Å². The van der Waals surface area contributed by atoms with Crippen molar-refractivity contribution < 1.29 is 95.3 Å². The number of hydrogen-bond donors (Lipinski definition) is 0. The molecule has 0 aromatic rings. The first kappa shape index (κ1) is 22.7. The number of aliphatic carboxylic acids is 4. The van der Waals surface area contributed by atoms with Crippen molar-refractivity contribution in [3.05, 3.63) is 0 Å². The van der Waals surface area contributed by atoms with Gasteiger partial charge in [-0.1, -0.05) is 0 Å². The van der Waals surface area contributed by atoms with E-state index >= 15 is 0 Å². The summed E-state index contributed by atoms with van der Waals surface area (Å²) in [7, 11) is 0. The molecule has 0 amide bonds. The number of carboxylic acid groups (broad SMARTS) is 4. The first-order valence-corrected chi connectivity index (χ1v) is 5.44. The molecule has 114 valence electrons. The van der Waals surface area contributed by atoms with E-state index in [0.717, 1.165) is 9.80 Å². The van der Waals surface area contributed by atoms with Crippen molar-refractivity contribution >= 4 is 23.9 Å². The fourth-order valence-corrected chi connectivity index (χ4v) is 1.44. The molecule has 0 fully saturated rings. The molecule has 0 aromatic heterocycles. The zero-order valence-electron chi connectivity index (χ0n) is 14.4. The van der Waals surface area contributed by atoms with E-state index in [0.29, 0.717) is 0 Å². The summed E-state index contributed by atoms with van der Waals surface area (Å²) >= 11 is 0. The van der Waals surface area contributed by atoms with Gasteiger partial charge in [0, 0.05) is 39.3 Å². The largest absolute Gasteiger partial charge is 1.00 e. The van der Waals surface area contributed by atoms with Gasteiger partial charge in [-0.3, -0.25) is 9.80 Å². The molecule has 0 N–H and O–H groups in total. The Morgan fingerprint density at radius 1 is 0.619 bits per heavy atom. The minimum Gasteiger partial charge on any atom is -0.549 e. The SMILES string of the molecule is O=C([O-])CN(CCN(CC(=O)[O-])CC(=O)[O-])CC(=O)[O-].[H+].[H+].[H+].[K+]. The summed E-state index contributed by atoms with van der Waals surface area (Å²) < 4.78 is 0. The Hall–Kier alpha value is -0.564. The van der Waals surface area contributed by atoms with Gasteiger partial charge in [0.25, 0.3) is 0 Å². The number of carboxylic acids is 4. The molecule has 0 bridgehead atoms. The van der Waals surface area contributed by atoms with Gasteiger partial charge >= 0.3 is 55.7 Å². The molecule has 0 rings (SSSR count). The van der Waals surface area contributed by atoms with Crippen molar-refractivity contribution in [2.24, 2.45) is 0 Å². The van der Waals surface area contributed by atoms with E-state index < -0.39 is 50.1 Å². The van der Waals surface area contributed by atoms with Gasteiger partial charge in [-0.15, -0.1) is 0 Å². The van der Waals surface area contributed by atoms with Crippen LogP contribution >= 0.6 is 0 Å². The van der Waals surface area contributed by atoms with Crippen molar-refractivity contribution in [2.75, 3.05) is 39.3 Å². The Balaban J connectivity index is -0.000000301. The van der Waals surface area contributed by atoms with Crippen LogP contribution in [0.5, 0.6) is 0 Å². The third kappa shape index (κ3) is 14.1. The van der Waals surface area contributed by atoms with Crippen LogP contribution in [0.1, 0.15) is 4.28 Å². The minimum absolute atomic E-state index is 0. The fraction of sp³-hybridized carbons (Fsp3) is 0.600. The summed E-state index contributed by atoms with van der Waals surface area (Å²) in [5, 5.41) is 41.6. The number of carbonyl (C=O) groups is 4. The number of hydrogen-bond acceptors (Lipinski definition) is 10. The summed E-state index contributed by atoms with van der Waals surface area (Å²) in [6, 6.07) is 0. The summed E-state index contributed by atoms with van der Waals surface area (Å²) in [5.74, 6) is -6.12. The predicted octanol–water partition coefficient (Wildman–Crippen LogP) is -10.1. The van der Waals surface area contributed by atoms with E-state index in [4.69, 9.17) is 0 Å². The van der Waals surface area contributed by atoms with Crippen molar-refractivity contribution in [1.29, 1.82) is 0 Å². The quantitative estimate of drug-likeness (QED) is 0.332. The molecule has 0 radical (unpaired) electrons. The Bertz CT molecular complexity index is 334. The first-order chi connectivity index (χ1) is 9.20. The van der Waals surface area contributed by atoms with Crippen LogP contribution < -0.4 is 71.8 Å². The molecule has 0 atom stereocenters. The van der Waals surface area contributed by atoms with Crippen molar-refractivity contribution in [3.63, 3.8) is 0 Å². The summed E-state index contributed by atoms with van der Waals surface area (Å²) in [6.07, 6.45) is 0. The molecule has 0 heterocycles. The first-order valence-electron chi connectivity index (χ1n) is 5.44. The van der Waals surface area contributed by atoms with Gasteiger partial charge in [0.15, 0.2) is 0 Å². The maximum absolute atomic E-state index is 10.4. The molecule has 11 heteroatoms. The Morgan fingerprint density at radius 3 is 0.952 bits per heavy atom. The molecule has 0 aliphatic rings. The standard InChI is InChI=1S/C10H16N2O8.K/c13-7(14)3-11(4-8(15)16)1-2-12(5-9(17)18)6-10(19)20;/h1-6H2,(H,13,14)(H,15,16)(H,17,18)(H,19,20);/q;+1/p-1. The molecular weight excluding hydrogens is 315 g/mol. The summed E-state index contributed by atoms with van der Waals surface area (Å²) in [6.45, 7) is -3.25. The minimum atomic E-state index is -1.53. The van der Waals surface area contributed by atoms with Gasteiger partial charge in [-0.05, 0) is 0 Å². The maximum atomic E-state index is 10.4. The van der Waals surface area contributed by atoms with E-state index in [1.54, 1.807) is 0 Å². The summed E-state index contributed by atoms with van der Waals surface area (Å²) in [5.41, 5.74) is 0.